The second kappa shape index (κ2) is 11.7. The van der Waals surface area contributed by atoms with Gasteiger partial charge in [-0.3, -0.25) is 9.59 Å². The third-order valence-electron chi connectivity index (χ3n) is 6.14. The average molecular weight is 480 g/mol. The molecule has 3 rings (SSSR count). The van der Waals surface area contributed by atoms with Crippen LogP contribution in [0.15, 0.2) is 36.5 Å². The Labute approximate surface area is 206 Å². The number of carbonyl (C=O) groups is 2. The predicted molar refractivity (Wildman–Crippen MR) is 132 cm³/mol. The number of pyridine rings is 1. The zero-order valence-corrected chi connectivity index (χ0v) is 20.9. The van der Waals surface area contributed by atoms with Crippen molar-refractivity contribution in [3.8, 4) is 23.5 Å². The van der Waals surface area contributed by atoms with Gasteiger partial charge in [-0.15, -0.1) is 0 Å². The largest absolute Gasteiger partial charge is 0.497 e. The molecular weight excluding hydrogens is 446 g/mol. The van der Waals surface area contributed by atoms with Gasteiger partial charge in [0.2, 0.25) is 11.8 Å². The summed E-state index contributed by atoms with van der Waals surface area (Å²) in [6.07, 6.45) is 1.60. The number of aromatic nitrogens is 1. The first kappa shape index (κ1) is 26.0. The smallest absolute Gasteiger partial charge is 0.259 e. The summed E-state index contributed by atoms with van der Waals surface area (Å²) >= 11 is 0. The Balaban J connectivity index is 1.97. The Morgan fingerprint density at radius 1 is 1.31 bits per heavy atom. The first-order valence-corrected chi connectivity index (χ1v) is 11.8. The zero-order valence-electron chi connectivity index (χ0n) is 20.9. The number of aliphatic hydroxyl groups excluding tert-OH is 1. The molecule has 1 N–H and O–H groups in total. The summed E-state index contributed by atoms with van der Waals surface area (Å²) in [5.74, 6) is 6.72. The monoisotopic (exact) mass is 479 g/mol. The molecule has 3 atom stereocenters. The van der Waals surface area contributed by atoms with Gasteiger partial charge in [-0.1, -0.05) is 25.7 Å². The van der Waals surface area contributed by atoms with Crippen LogP contribution in [0.1, 0.15) is 48.7 Å². The van der Waals surface area contributed by atoms with Gasteiger partial charge in [-0.05, 0) is 37.3 Å². The van der Waals surface area contributed by atoms with E-state index in [9.17, 15) is 14.7 Å². The van der Waals surface area contributed by atoms with Gasteiger partial charge in [0.05, 0.1) is 26.3 Å². The highest BCUT2D eigenvalue weighted by molar-refractivity contribution is 5.97. The van der Waals surface area contributed by atoms with E-state index in [1.165, 1.54) is 0 Å². The number of hydrogen-bond donors (Lipinski definition) is 1. The van der Waals surface area contributed by atoms with E-state index < -0.39 is 0 Å². The van der Waals surface area contributed by atoms with Crippen molar-refractivity contribution in [1.82, 2.24) is 14.8 Å². The summed E-state index contributed by atoms with van der Waals surface area (Å²) in [6.45, 7) is 6.16. The summed E-state index contributed by atoms with van der Waals surface area (Å²) in [4.78, 5) is 33.4. The SMILES string of the molecule is CCC(=O)N(C)C[C@H]1Oc2ncc(C#Cc3ccc(OC)cc3)cc2C(=O)N([C@@H](C)CO)C[C@@H]1C. The number of ether oxygens (including phenoxy) is 2. The minimum atomic E-state index is -0.388. The van der Waals surface area contributed by atoms with E-state index >= 15 is 0 Å². The summed E-state index contributed by atoms with van der Waals surface area (Å²) in [7, 11) is 3.35. The van der Waals surface area contributed by atoms with Crippen LogP contribution in [0.2, 0.25) is 0 Å². The van der Waals surface area contributed by atoms with E-state index in [1.54, 1.807) is 43.1 Å². The molecule has 1 aromatic heterocycles. The van der Waals surface area contributed by atoms with Gasteiger partial charge in [-0.25, -0.2) is 4.98 Å². The van der Waals surface area contributed by atoms with E-state index in [0.717, 1.165) is 11.3 Å². The molecule has 186 valence electrons. The number of amides is 2. The van der Waals surface area contributed by atoms with Gasteiger partial charge in [0.1, 0.15) is 17.4 Å². The van der Waals surface area contributed by atoms with Crippen molar-refractivity contribution in [2.24, 2.45) is 5.92 Å². The molecule has 0 saturated carbocycles. The molecule has 2 aromatic rings. The van der Waals surface area contributed by atoms with Crippen LogP contribution in [0.3, 0.4) is 0 Å². The van der Waals surface area contributed by atoms with Crippen LogP contribution in [0.25, 0.3) is 0 Å². The first-order chi connectivity index (χ1) is 16.8. The molecule has 1 aliphatic rings. The predicted octanol–water partition coefficient (Wildman–Crippen LogP) is 2.58. The molecule has 0 radical (unpaired) electrons. The highest BCUT2D eigenvalue weighted by Gasteiger charge is 2.34. The molecule has 8 nitrogen and oxygen atoms in total. The molecule has 2 heterocycles. The minimum absolute atomic E-state index is 0.0110. The van der Waals surface area contributed by atoms with Crippen molar-refractivity contribution in [3.63, 3.8) is 0 Å². The van der Waals surface area contributed by atoms with Gasteiger partial charge >= 0.3 is 0 Å². The van der Waals surface area contributed by atoms with Gasteiger partial charge in [-0.2, -0.15) is 0 Å². The number of methoxy groups -OCH3 is 1. The van der Waals surface area contributed by atoms with E-state index in [0.29, 0.717) is 25.1 Å². The van der Waals surface area contributed by atoms with Gasteiger partial charge in [0, 0.05) is 43.3 Å². The summed E-state index contributed by atoms with van der Waals surface area (Å²) < 4.78 is 11.4. The Morgan fingerprint density at radius 3 is 2.63 bits per heavy atom. The van der Waals surface area contributed by atoms with Crippen molar-refractivity contribution in [2.75, 3.05) is 33.9 Å². The fourth-order valence-corrected chi connectivity index (χ4v) is 3.85. The number of benzene rings is 1. The Kier molecular flexibility index (Phi) is 8.72. The van der Waals surface area contributed by atoms with Crippen LogP contribution in [-0.2, 0) is 4.79 Å². The van der Waals surface area contributed by atoms with Crippen molar-refractivity contribution in [1.29, 1.82) is 0 Å². The summed E-state index contributed by atoms with van der Waals surface area (Å²) in [5.41, 5.74) is 1.65. The van der Waals surface area contributed by atoms with Crippen molar-refractivity contribution < 1.29 is 24.2 Å². The molecule has 0 saturated heterocycles. The summed E-state index contributed by atoms with van der Waals surface area (Å²) in [6, 6.07) is 8.65. The maximum Gasteiger partial charge on any atom is 0.259 e. The number of carbonyl (C=O) groups excluding carboxylic acids is 2. The molecule has 1 aromatic carbocycles. The van der Waals surface area contributed by atoms with Crippen LogP contribution >= 0.6 is 0 Å². The van der Waals surface area contributed by atoms with Crippen LogP contribution in [-0.4, -0.2) is 77.7 Å². The number of hydrogen-bond acceptors (Lipinski definition) is 6. The maximum absolute atomic E-state index is 13.5. The van der Waals surface area contributed by atoms with E-state index in [2.05, 4.69) is 16.8 Å². The molecule has 2 amide bonds. The topological polar surface area (TPSA) is 92.2 Å². The highest BCUT2D eigenvalue weighted by Crippen LogP contribution is 2.27. The second-order valence-corrected chi connectivity index (χ2v) is 8.81. The number of rotatable bonds is 6. The zero-order chi connectivity index (χ0) is 25.5. The van der Waals surface area contributed by atoms with Crippen LogP contribution in [0.4, 0.5) is 0 Å². The lowest BCUT2D eigenvalue weighted by molar-refractivity contribution is -0.131. The van der Waals surface area contributed by atoms with Gasteiger partial charge < -0.3 is 24.4 Å². The van der Waals surface area contributed by atoms with Crippen molar-refractivity contribution in [3.05, 3.63) is 53.2 Å². The summed E-state index contributed by atoms with van der Waals surface area (Å²) in [5, 5.41) is 9.79. The molecular formula is C27H33N3O5. The molecule has 8 heteroatoms. The molecule has 0 unspecified atom stereocenters. The molecule has 0 fully saturated rings. The number of aliphatic hydroxyl groups is 1. The van der Waals surface area contributed by atoms with Crippen molar-refractivity contribution >= 4 is 11.8 Å². The molecule has 0 aliphatic carbocycles. The van der Waals surface area contributed by atoms with Crippen molar-refractivity contribution in [2.45, 2.75) is 39.3 Å². The third-order valence-corrected chi connectivity index (χ3v) is 6.14. The van der Waals surface area contributed by atoms with E-state index in [1.807, 2.05) is 38.1 Å². The van der Waals surface area contributed by atoms with Crippen LogP contribution in [0.5, 0.6) is 11.6 Å². The maximum atomic E-state index is 13.5. The lowest BCUT2D eigenvalue weighted by atomic mass is 9.99. The standard InChI is InChI=1S/C27H33N3O5/c1-6-25(32)29(4)16-24-18(2)15-30(19(3)17-31)27(33)23-13-21(14-28-26(23)35-24)8-7-20-9-11-22(34-5)12-10-20/h9-14,18-19,24,31H,6,15-17H2,1-5H3/t18-,19-,24+/m0/s1. The first-order valence-electron chi connectivity index (χ1n) is 11.8. The number of nitrogens with zero attached hydrogens (tertiary/aromatic N) is 3. The lowest BCUT2D eigenvalue weighted by Gasteiger charge is -2.37. The Bertz CT molecular complexity index is 1110. The molecule has 35 heavy (non-hydrogen) atoms. The van der Waals surface area contributed by atoms with Crippen LogP contribution < -0.4 is 9.47 Å². The fraction of sp³-hybridized carbons (Fsp3) is 0.444. The third kappa shape index (κ3) is 6.31. The van der Waals surface area contributed by atoms with Gasteiger partial charge in [0.25, 0.3) is 5.91 Å². The average Bonchev–Trinajstić information content (AvgIpc) is 2.88. The fourth-order valence-electron chi connectivity index (χ4n) is 3.85. The Morgan fingerprint density at radius 2 is 2.00 bits per heavy atom. The van der Waals surface area contributed by atoms with Gasteiger partial charge in [0.15, 0.2) is 0 Å². The quantitative estimate of drug-likeness (QED) is 0.641. The Hall–Kier alpha value is -3.57. The van der Waals surface area contributed by atoms with Crippen LogP contribution in [0, 0.1) is 17.8 Å². The molecule has 0 spiro atoms. The van der Waals surface area contributed by atoms with E-state index in [4.69, 9.17) is 9.47 Å². The molecule has 0 bridgehead atoms. The lowest BCUT2D eigenvalue weighted by Crippen LogP contribution is -2.50. The second-order valence-electron chi connectivity index (χ2n) is 8.81. The minimum Gasteiger partial charge on any atom is -0.497 e. The normalized spacial score (nSPS) is 18.2. The number of likely N-dealkylation sites (N-methyl/N-ethyl adjacent to an activating group) is 1. The van der Waals surface area contributed by atoms with E-state index in [-0.39, 0.29) is 47.9 Å². The number of fused-ring (bicyclic) bond motifs is 1. The highest BCUT2D eigenvalue weighted by atomic mass is 16.5. The molecule has 1 aliphatic heterocycles.